The number of hydrogen-bond donors (Lipinski definition) is 1. The second kappa shape index (κ2) is 7.18. The van der Waals surface area contributed by atoms with Crippen LogP contribution < -0.4 is 0 Å². The Kier molecular flexibility index (Phi) is 4.72. The normalized spacial score (nSPS) is 18.8. The number of nitrogens with zero attached hydrogens (tertiary/aromatic N) is 4. The van der Waals surface area contributed by atoms with Crippen LogP contribution in [0.3, 0.4) is 0 Å². The maximum absolute atomic E-state index is 12.9. The van der Waals surface area contributed by atoms with E-state index in [9.17, 15) is 4.79 Å². The zero-order valence-corrected chi connectivity index (χ0v) is 16.3. The smallest absolute Gasteiger partial charge is 0.224 e. The molecule has 2 atom stereocenters. The summed E-state index contributed by atoms with van der Waals surface area (Å²) in [6.45, 7) is 7.72. The van der Waals surface area contributed by atoms with Crippen LogP contribution in [0.25, 0.3) is 11.0 Å². The van der Waals surface area contributed by atoms with E-state index in [0.29, 0.717) is 12.3 Å². The molecule has 0 bridgehead atoms. The van der Waals surface area contributed by atoms with E-state index in [4.69, 9.17) is 0 Å². The molecule has 3 aromatic heterocycles. The zero-order valence-electron chi connectivity index (χ0n) is 16.3. The van der Waals surface area contributed by atoms with Crippen molar-refractivity contribution < 1.29 is 4.79 Å². The van der Waals surface area contributed by atoms with Crippen molar-refractivity contribution in [3.63, 3.8) is 0 Å². The lowest BCUT2D eigenvalue weighted by Gasteiger charge is -2.33. The topological polar surface area (TPSA) is 66.8 Å². The van der Waals surface area contributed by atoms with Gasteiger partial charge in [-0.1, -0.05) is 0 Å². The Hall–Kier alpha value is -2.63. The van der Waals surface area contributed by atoms with E-state index < -0.39 is 0 Å². The number of likely N-dealkylation sites (tertiary alicyclic amines) is 1. The minimum absolute atomic E-state index is 0.0730. The van der Waals surface area contributed by atoms with Gasteiger partial charge in [-0.15, -0.1) is 0 Å². The van der Waals surface area contributed by atoms with Crippen LogP contribution in [0.1, 0.15) is 55.2 Å². The molecule has 0 aromatic carbocycles. The molecule has 6 heteroatoms. The Bertz CT molecular complexity index is 924. The SMILES string of the molecule is Cc1cc(C)n([C@@H](C)CC(=O)N2CCC[C@H](c3cc4cccnc4[nH]3)C2)n1. The van der Waals surface area contributed by atoms with Crippen molar-refractivity contribution in [3.05, 3.63) is 47.5 Å². The van der Waals surface area contributed by atoms with Crippen molar-refractivity contribution >= 4 is 16.9 Å². The molecule has 27 heavy (non-hydrogen) atoms. The maximum atomic E-state index is 12.9. The first-order valence-electron chi connectivity index (χ1n) is 9.75. The Morgan fingerprint density at radius 2 is 2.22 bits per heavy atom. The summed E-state index contributed by atoms with van der Waals surface area (Å²) in [5.74, 6) is 0.565. The van der Waals surface area contributed by atoms with E-state index in [-0.39, 0.29) is 11.9 Å². The molecule has 0 saturated carbocycles. The molecule has 1 saturated heterocycles. The van der Waals surface area contributed by atoms with E-state index in [1.165, 1.54) is 5.69 Å². The van der Waals surface area contributed by atoms with Gasteiger partial charge in [0.15, 0.2) is 0 Å². The molecule has 142 valence electrons. The van der Waals surface area contributed by atoms with Crippen molar-refractivity contribution in [2.75, 3.05) is 13.1 Å². The van der Waals surface area contributed by atoms with Gasteiger partial charge in [-0.05, 0) is 57.9 Å². The van der Waals surface area contributed by atoms with Gasteiger partial charge in [0.2, 0.25) is 5.91 Å². The first kappa shape index (κ1) is 17.8. The zero-order chi connectivity index (χ0) is 19.0. The fourth-order valence-electron chi connectivity index (χ4n) is 4.22. The number of piperidine rings is 1. The van der Waals surface area contributed by atoms with Gasteiger partial charge in [-0.25, -0.2) is 4.98 Å². The summed E-state index contributed by atoms with van der Waals surface area (Å²) >= 11 is 0. The van der Waals surface area contributed by atoms with Crippen LogP contribution in [-0.2, 0) is 4.79 Å². The van der Waals surface area contributed by atoms with Crippen molar-refractivity contribution in [3.8, 4) is 0 Å². The number of pyridine rings is 1. The number of amides is 1. The van der Waals surface area contributed by atoms with Gasteiger partial charge in [0.1, 0.15) is 5.65 Å². The van der Waals surface area contributed by atoms with Crippen LogP contribution in [-0.4, -0.2) is 43.6 Å². The number of rotatable bonds is 4. The van der Waals surface area contributed by atoms with Crippen LogP contribution in [0.2, 0.25) is 0 Å². The maximum Gasteiger partial charge on any atom is 0.224 e. The van der Waals surface area contributed by atoms with Gasteiger partial charge >= 0.3 is 0 Å². The highest BCUT2D eigenvalue weighted by molar-refractivity contribution is 5.78. The third-order valence-electron chi connectivity index (χ3n) is 5.56. The predicted octanol–water partition coefficient (Wildman–Crippen LogP) is 3.73. The molecule has 3 aromatic rings. The molecule has 1 N–H and O–H groups in total. The summed E-state index contributed by atoms with van der Waals surface area (Å²) in [7, 11) is 0. The van der Waals surface area contributed by atoms with Gasteiger partial charge in [0.25, 0.3) is 0 Å². The summed E-state index contributed by atoms with van der Waals surface area (Å²) in [6.07, 6.45) is 4.43. The lowest BCUT2D eigenvalue weighted by atomic mass is 9.94. The Balaban J connectivity index is 1.44. The van der Waals surface area contributed by atoms with Gasteiger partial charge in [0.05, 0.1) is 11.7 Å². The molecule has 0 radical (unpaired) electrons. The second-order valence-electron chi connectivity index (χ2n) is 7.77. The van der Waals surface area contributed by atoms with E-state index in [1.54, 1.807) is 6.20 Å². The highest BCUT2D eigenvalue weighted by Crippen LogP contribution is 2.29. The number of hydrogen-bond acceptors (Lipinski definition) is 3. The molecule has 4 rings (SSSR count). The van der Waals surface area contributed by atoms with Crippen LogP contribution in [0.15, 0.2) is 30.5 Å². The van der Waals surface area contributed by atoms with Gasteiger partial charge in [-0.3, -0.25) is 9.48 Å². The van der Waals surface area contributed by atoms with Crippen LogP contribution >= 0.6 is 0 Å². The average molecular weight is 365 g/mol. The quantitative estimate of drug-likeness (QED) is 0.766. The highest BCUT2D eigenvalue weighted by Gasteiger charge is 2.27. The number of H-pyrrole nitrogens is 1. The summed E-state index contributed by atoms with van der Waals surface area (Å²) in [4.78, 5) is 22.8. The fourth-order valence-corrected chi connectivity index (χ4v) is 4.22. The lowest BCUT2D eigenvalue weighted by molar-refractivity contribution is -0.133. The van der Waals surface area contributed by atoms with Gasteiger partial charge in [0, 0.05) is 48.4 Å². The number of carbonyl (C=O) groups excluding carboxylic acids is 1. The number of carbonyl (C=O) groups is 1. The Morgan fingerprint density at radius 1 is 1.37 bits per heavy atom. The molecule has 0 unspecified atom stereocenters. The fraction of sp³-hybridized carbons (Fsp3) is 0.476. The van der Waals surface area contributed by atoms with Crippen molar-refractivity contribution in [2.24, 2.45) is 0 Å². The monoisotopic (exact) mass is 365 g/mol. The number of fused-ring (bicyclic) bond motifs is 1. The molecule has 1 fully saturated rings. The molecule has 1 aliphatic rings. The van der Waals surface area contributed by atoms with Crippen molar-refractivity contribution in [2.45, 2.75) is 52.0 Å². The number of nitrogens with one attached hydrogen (secondary N) is 1. The molecular formula is C21H27N5O. The molecule has 4 heterocycles. The third kappa shape index (κ3) is 3.61. The Morgan fingerprint density at radius 3 is 2.96 bits per heavy atom. The molecule has 6 nitrogen and oxygen atoms in total. The number of aromatic nitrogens is 4. The minimum Gasteiger partial charge on any atom is -0.343 e. The van der Waals surface area contributed by atoms with Crippen molar-refractivity contribution in [1.29, 1.82) is 0 Å². The summed E-state index contributed by atoms with van der Waals surface area (Å²) in [6, 6.07) is 8.34. The number of aryl methyl sites for hydroxylation is 2. The van der Waals surface area contributed by atoms with E-state index in [0.717, 1.165) is 48.4 Å². The summed E-state index contributed by atoms with van der Waals surface area (Å²) in [5, 5.41) is 5.66. The minimum atomic E-state index is 0.0730. The third-order valence-corrected chi connectivity index (χ3v) is 5.56. The summed E-state index contributed by atoms with van der Waals surface area (Å²) in [5.41, 5.74) is 4.22. The van der Waals surface area contributed by atoms with Crippen LogP contribution in [0.5, 0.6) is 0 Å². The first-order chi connectivity index (χ1) is 13.0. The highest BCUT2D eigenvalue weighted by atomic mass is 16.2. The Labute approximate surface area is 159 Å². The van der Waals surface area contributed by atoms with Gasteiger partial charge < -0.3 is 9.88 Å². The van der Waals surface area contributed by atoms with E-state index >= 15 is 0 Å². The molecular weight excluding hydrogens is 338 g/mol. The molecule has 1 aliphatic heterocycles. The predicted molar refractivity (Wildman–Crippen MR) is 106 cm³/mol. The molecule has 0 aliphatic carbocycles. The van der Waals surface area contributed by atoms with Crippen LogP contribution in [0, 0.1) is 13.8 Å². The second-order valence-corrected chi connectivity index (χ2v) is 7.77. The average Bonchev–Trinajstić information content (AvgIpc) is 3.24. The standard InChI is InChI=1S/C21H27N5O/c1-14-10-15(2)26(24-14)16(3)11-20(27)25-9-5-7-18(13-25)19-12-17-6-4-8-22-21(17)23-19/h4,6,8,10,12,16,18H,5,7,9,11,13H2,1-3H3,(H,22,23)/t16-,18-/m0/s1. The number of aromatic amines is 1. The lowest BCUT2D eigenvalue weighted by Crippen LogP contribution is -2.40. The van der Waals surface area contributed by atoms with Crippen molar-refractivity contribution in [1.82, 2.24) is 24.6 Å². The van der Waals surface area contributed by atoms with E-state index in [1.807, 2.05) is 29.5 Å². The first-order valence-corrected chi connectivity index (χ1v) is 9.75. The molecule has 0 spiro atoms. The summed E-state index contributed by atoms with van der Waals surface area (Å²) < 4.78 is 1.97. The van der Waals surface area contributed by atoms with Crippen LogP contribution in [0.4, 0.5) is 0 Å². The molecule has 1 amide bonds. The largest absolute Gasteiger partial charge is 0.343 e. The van der Waals surface area contributed by atoms with Gasteiger partial charge in [-0.2, -0.15) is 5.10 Å². The van der Waals surface area contributed by atoms with E-state index in [2.05, 4.69) is 40.2 Å².